The Morgan fingerprint density at radius 2 is 1.53 bits per heavy atom. The van der Waals surface area contributed by atoms with Crippen molar-refractivity contribution in [2.45, 2.75) is 33.1 Å². The highest BCUT2D eigenvalue weighted by Crippen LogP contribution is 2.39. The van der Waals surface area contributed by atoms with Crippen molar-refractivity contribution in [1.29, 1.82) is 0 Å². The Balaban J connectivity index is 2.68. The Bertz CT molecular complexity index is 598. The number of hydrogen-bond donors (Lipinski definition) is 2. The summed E-state index contributed by atoms with van der Waals surface area (Å²) in [7, 11) is 0. The van der Waals surface area contributed by atoms with Crippen LogP contribution in [0.3, 0.4) is 0 Å². The van der Waals surface area contributed by atoms with Gasteiger partial charge in [0.1, 0.15) is 0 Å². The standard InChI is InChI=1S/C17H22N2/c1-11-10-14(18)12(2)16(19)15(11)17(3,4)13-8-6-5-7-9-13/h5-10H,18-19H2,1-4H3. The molecule has 0 saturated carbocycles. The minimum atomic E-state index is -0.131. The molecule has 2 aromatic carbocycles. The molecule has 0 aliphatic rings. The van der Waals surface area contributed by atoms with Gasteiger partial charge in [-0.15, -0.1) is 0 Å². The summed E-state index contributed by atoms with van der Waals surface area (Å²) in [6, 6.07) is 12.5. The van der Waals surface area contributed by atoms with Crippen molar-refractivity contribution in [3.63, 3.8) is 0 Å². The maximum atomic E-state index is 6.33. The summed E-state index contributed by atoms with van der Waals surface area (Å²) in [4.78, 5) is 0. The van der Waals surface area contributed by atoms with Gasteiger partial charge >= 0.3 is 0 Å². The van der Waals surface area contributed by atoms with Crippen LogP contribution in [0.5, 0.6) is 0 Å². The Labute approximate surface area is 115 Å². The molecule has 0 spiro atoms. The maximum Gasteiger partial charge on any atom is 0.0408 e. The Morgan fingerprint density at radius 3 is 2.11 bits per heavy atom. The fourth-order valence-electron chi connectivity index (χ4n) is 2.80. The summed E-state index contributed by atoms with van der Waals surface area (Å²) >= 11 is 0. The summed E-state index contributed by atoms with van der Waals surface area (Å²) in [5.41, 5.74) is 18.3. The van der Waals surface area contributed by atoms with Crippen LogP contribution in [0.1, 0.15) is 36.1 Å². The first-order valence-corrected chi connectivity index (χ1v) is 6.57. The lowest BCUT2D eigenvalue weighted by molar-refractivity contribution is 0.638. The number of hydrogen-bond acceptors (Lipinski definition) is 2. The van der Waals surface area contributed by atoms with Crippen molar-refractivity contribution >= 4 is 11.4 Å². The van der Waals surface area contributed by atoms with Crippen molar-refractivity contribution in [1.82, 2.24) is 0 Å². The van der Waals surface area contributed by atoms with E-state index in [1.807, 2.05) is 19.1 Å². The zero-order valence-corrected chi connectivity index (χ0v) is 12.1. The van der Waals surface area contributed by atoms with Gasteiger partial charge in [-0.1, -0.05) is 44.2 Å². The van der Waals surface area contributed by atoms with E-state index >= 15 is 0 Å². The second kappa shape index (κ2) is 4.61. The molecule has 0 atom stereocenters. The molecule has 0 aliphatic carbocycles. The van der Waals surface area contributed by atoms with Gasteiger partial charge in [-0.05, 0) is 42.2 Å². The van der Waals surface area contributed by atoms with E-state index in [2.05, 4.69) is 45.0 Å². The van der Waals surface area contributed by atoms with E-state index < -0.39 is 0 Å². The first-order chi connectivity index (χ1) is 8.85. The summed E-state index contributed by atoms with van der Waals surface area (Å²) in [6.45, 7) is 8.47. The number of nitrogens with two attached hydrogens (primary N) is 2. The third kappa shape index (κ3) is 2.19. The summed E-state index contributed by atoms with van der Waals surface area (Å²) in [5, 5.41) is 0. The minimum Gasteiger partial charge on any atom is -0.398 e. The van der Waals surface area contributed by atoms with Crippen LogP contribution in [0, 0.1) is 13.8 Å². The zero-order valence-electron chi connectivity index (χ0n) is 12.1. The number of nitrogen functional groups attached to an aromatic ring is 2. The van der Waals surface area contributed by atoms with E-state index in [9.17, 15) is 0 Å². The van der Waals surface area contributed by atoms with Gasteiger partial charge in [0.25, 0.3) is 0 Å². The van der Waals surface area contributed by atoms with Gasteiger partial charge < -0.3 is 11.5 Å². The third-order valence-electron chi connectivity index (χ3n) is 3.99. The lowest BCUT2D eigenvalue weighted by Gasteiger charge is -2.30. The van der Waals surface area contributed by atoms with Crippen molar-refractivity contribution in [2.24, 2.45) is 0 Å². The van der Waals surface area contributed by atoms with E-state index in [-0.39, 0.29) is 5.41 Å². The fraction of sp³-hybridized carbons (Fsp3) is 0.294. The topological polar surface area (TPSA) is 52.0 Å². The summed E-state index contributed by atoms with van der Waals surface area (Å²) in [5.74, 6) is 0. The van der Waals surface area contributed by atoms with Gasteiger partial charge in [0.15, 0.2) is 0 Å². The van der Waals surface area contributed by atoms with E-state index in [1.165, 1.54) is 11.1 Å². The third-order valence-corrected chi connectivity index (χ3v) is 3.99. The molecular formula is C17H22N2. The summed E-state index contributed by atoms with van der Waals surface area (Å²) < 4.78 is 0. The van der Waals surface area contributed by atoms with Crippen LogP contribution in [0.25, 0.3) is 0 Å². The molecule has 0 amide bonds. The van der Waals surface area contributed by atoms with Gasteiger partial charge in [0, 0.05) is 16.8 Å². The number of rotatable bonds is 2. The molecule has 2 rings (SSSR count). The molecule has 2 aromatic rings. The van der Waals surface area contributed by atoms with E-state index in [4.69, 9.17) is 11.5 Å². The molecule has 0 bridgehead atoms. The predicted octanol–water partition coefficient (Wildman–Crippen LogP) is 3.79. The van der Waals surface area contributed by atoms with Crippen LogP contribution in [-0.4, -0.2) is 0 Å². The van der Waals surface area contributed by atoms with Crippen molar-refractivity contribution in [2.75, 3.05) is 11.5 Å². The smallest absolute Gasteiger partial charge is 0.0408 e. The summed E-state index contributed by atoms with van der Waals surface area (Å²) in [6.07, 6.45) is 0. The quantitative estimate of drug-likeness (QED) is 0.801. The molecular weight excluding hydrogens is 232 g/mol. The Hall–Kier alpha value is -1.96. The monoisotopic (exact) mass is 254 g/mol. The van der Waals surface area contributed by atoms with Crippen molar-refractivity contribution in [3.05, 3.63) is 58.7 Å². The van der Waals surface area contributed by atoms with Crippen LogP contribution in [-0.2, 0) is 5.41 Å². The van der Waals surface area contributed by atoms with Crippen LogP contribution >= 0.6 is 0 Å². The van der Waals surface area contributed by atoms with Gasteiger partial charge in [-0.2, -0.15) is 0 Å². The molecule has 4 N–H and O–H groups in total. The van der Waals surface area contributed by atoms with Crippen LogP contribution in [0.15, 0.2) is 36.4 Å². The molecule has 0 fully saturated rings. The van der Waals surface area contributed by atoms with Crippen molar-refractivity contribution < 1.29 is 0 Å². The van der Waals surface area contributed by atoms with Crippen LogP contribution in [0.4, 0.5) is 11.4 Å². The fourth-order valence-corrected chi connectivity index (χ4v) is 2.80. The predicted molar refractivity (Wildman–Crippen MR) is 83.3 cm³/mol. The Morgan fingerprint density at radius 1 is 0.947 bits per heavy atom. The van der Waals surface area contributed by atoms with Gasteiger partial charge in [-0.3, -0.25) is 0 Å². The first kappa shape index (κ1) is 13.5. The number of anilines is 2. The average molecular weight is 254 g/mol. The molecule has 19 heavy (non-hydrogen) atoms. The maximum absolute atomic E-state index is 6.33. The highest BCUT2D eigenvalue weighted by molar-refractivity contribution is 5.70. The lowest BCUT2D eigenvalue weighted by Crippen LogP contribution is -2.23. The highest BCUT2D eigenvalue weighted by atomic mass is 14.6. The second-order valence-electron chi connectivity index (χ2n) is 5.69. The van der Waals surface area contributed by atoms with Gasteiger partial charge in [-0.25, -0.2) is 0 Å². The molecule has 0 aliphatic heterocycles. The molecule has 0 unspecified atom stereocenters. The molecule has 0 heterocycles. The molecule has 2 heteroatoms. The van der Waals surface area contributed by atoms with E-state index in [0.29, 0.717) is 0 Å². The van der Waals surface area contributed by atoms with E-state index in [0.717, 1.165) is 22.5 Å². The SMILES string of the molecule is Cc1cc(N)c(C)c(N)c1C(C)(C)c1ccccc1. The van der Waals surface area contributed by atoms with Crippen LogP contribution in [0.2, 0.25) is 0 Å². The van der Waals surface area contributed by atoms with Gasteiger partial charge in [0.2, 0.25) is 0 Å². The largest absolute Gasteiger partial charge is 0.398 e. The highest BCUT2D eigenvalue weighted by Gasteiger charge is 2.28. The average Bonchev–Trinajstić information content (AvgIpc) is 2.37. The number of benzene rings is 2. The molecule has 0 saturated heterocycles. The molecule has 2 nitrogen and oxygen atoms in total. The van der Waals surface area contributed by atoms with E-state index in [1.54, 1.807) is 0 Å². The molecule has 100 valence electrons. The van der Waals surface area contributed by atoms with Gasteiger partial charge in [0.05, 0.1) is 0 Å². The van der Waals surface area contributed by atoms with Crippen LogP contribution < -0.4 is 11.5 Å². The zero-order chi connectivity index (χ0) is 14.2. The van der Waals surface area contributed by atoms with Crippen molar-refractivity contribution in [3.8, 4) is 0 Å². The Kier molecular flexibility index (Phi) is 3.27. The number of aryl methyl sites for hydroxylation is 1. The second-order valence-corrected chi connectivity index (χ2v) is 5.69. The molecule has 0 aromatic heterocycles. The first-order valence-electron chi connectivity index (χ1n) is 6.57. The minimum absolute atomic E-state index is 0.131. The lowest BCUT2D eigenvalue weighted by atomic mass is 9.74. The molecule has 0 radical (unpaired) electrons. The normalized spacial score (nSPS) is 11.6.